The lowest BCUT2D eigenvalue weighted by Crippen LogP contribution is -2.28. The summed E-state index contributed by atoms with van der Waals surface area (Å²) in [6.45, 7) is 2.43. The Kier molecular flexibility index (Phi) is 6.28. The van der Waals surface area contributed by atoms with Gasteiger partial charge in [0.05, 0.1) is 6.54 Å². The average molecular weight is 172 g/mol. The normalized spacial score (nSPS) is 9.50. The highest BCUT2D eigenvalue weighted by Crippen LogP contribution is 1.85. The zero-order chi connectivity index (χ0) is 9.40. The molecular weight excluding hydrogens is 156 g/mol. The van der Waals surface area contributed by atoms with Crippen LogP contribution in [0, 0.1) is 0 Å². The molecule has 0 aliphatic heterocycles. The van der Waals surface area contributed by atoms with E-state index in [-0.39, 0.29) is 18.2 Å². The minimum Gasteiger partial charge on any atom is -0.349 e. The molecular formula is C8H16N2O2. The standard InChI is InChI=1S/C8H16N2O2/c1-7(11)6-10-8(12)4-3-5-9-2/h9H,3-6H2,1-2H3,(H,10,12). The fraction of sp³-hybridized carbons (Fsp3) is 0.750. The Morgan fingerprint density at radius 3 is 2.50 bits per heavy atom. The number of rotatable bonds is 6. The number of carbonyl (C=O) groups excluding carboxylic acids is 2. The molecule has 0 rings (SSSR count). The van der Waals surface area contributed by atoms with Crippen molar-refractivity contribution in [3.63, 3.8) is 0 Å². The topological polar surface area (TPSA) is 58.2 Å². The van der Waals surface area contributed by atoms with Crippen molar-refractivity contribution in [2.45, 2.75) is 19.8 Å². The van der Waals surface area contributed by atoms with E-state index in [0.717, 1.165) is 13.0 Å². The van der Waals surface area contributed by atoms with E-state index < -0.39 is 0 Å². The van der Waals surface area contributed by atoms with Crippen molar-refractivity contribution in [1.29, 1.82) is 0 Å². The van der Waals surface area contributed by atoms with Crippen LogP contribution in [0.2, 0.25) is 0 Å². The van der Waals surface area contributed by atoms with Crippen LogP contribution in [-0.4, -0.2) is 31.8 Å². The van der Waals surface area contributed by atoms with Crippen molar-refractivity contribution in [1.82, 2.24) is 10.6 Å². The first-order valence-corrected chi connectivity index (χ1v) is 4.07. The summed E-state index contributed by atoms with van der Waals surface area (Å²) >= 11 is 0. The maximum atomic E-state index is 10.9. The van der Waals surface area contributed by atoms with Gasteiger partial charge in [0.25, 0.3) is 0 Å². The third-order valence-corrected chi connectivity index (χ3v) is 1.37. The molecule has 2 N–H and O–H groups in total. The highest BCUT2D eigenvalue weighted by Gasteiger charge is 2.00. The van der Waals surface area contributed by atoms with Gasteiger partial charge in [-0.2, -0.15) is 0 Å². The zero-order valence-electron chi connectivity index (χ0n) is 7.64. The van der Waals surface area contributed by atoms with Crippen molar-refractivity contribution in [3.05, 3.63) is 0 Å². The Morgan fingerprint density at radius 1 is 1.33 bits per heavy atom. The Hall–Kier alpha value is -0.900. The minimum atomic E-state index is -0.0551. The Morgan fingerprint density at radius 2 is 2.00 bits per heavy atom. The number of ketones is 1. The molecule has 0 bridgehead atoms. The summed E-state index contributed by atoms with van der Waals surface area (Å²) in [6, 6.07) is 0. The number of Topliss-reactive ketones (excluding diaryl/α,β-unsaturated/α-hetero) is 1. The van der Waals surface area contributed by atoms with Gasteiger partial charge in [-0.25, -0.2) is 0 Å². The molecule has 1 amide bonds. The highest BCUT2D eigenvalue weighted by molar-refractivity contribution is 5.84. The van der Waals surface area contributed by atoms with Crippen LogP contribution < -0.4 is 10.6 Å². The van der Waals surface area contributed by atoms with Gasteiger partial charge in [0.15, 0.2) is 0 Å². The van der Waals surface area contributed by atoms with Gasteiger partial charge in [-0.15, -0.1) is 0 Å². The zero-order valence-corrected chi connectivity index (χ0v) is 7.64. The Bertz CT molecular complexity index is 157. The molecule has 0 radical (unpaired) electrons. The van der Waals surface area contributed by atoms with Crippen LogP contribution in [0.15, 0.2) is 0 Å². The third-order valence-electron chi connectivity index (χ3n) is 1.37. The number of carbonyl (C=O) groups is 2. The van der Waals surface area contributed by atoms with Crippen molar-refractivity contribution in [2.24, 2.45) is 0 Å². The van der Waals surface area contributed by atoms with Gasteiger partial charge in [-0.3, -0.25) is 9.59 Å². The second-order valence-corrected chi connectivity index (χ2v) is 2.69. The van der Waals surface area contributed by atoms with Crippen molar-refractivity contribution in [3.8, 4) is 0 Å². The monoisotopic (exact) mass is 172 g/mol. The lowest BCUT2D eigenvalue weighted by atomic mass is 10.3. The van der Waals surface area contributed by atoms with Crippen LogP contribution in [0.3, 0.4) is 0 Å². The van der Waals surface area contributed by atoms with Gasteiger partial charge in [0.2, 0.25) is 5.91 Å². The maximum absolute atomic E-state index is 10.9. The molecule has 0 fully saturated rings. The van der Waals surface area contributed by atoms with Gasteiger partial charge in [0, 0.05) is 6.42 Å². The molecule has 0 saturated carbocycles. The summed E-state index contributed by atoms with van der Waals surface area (Å²) in [7, 11) is 1.84. The van der Waals surface area contributed by atoms with Crippen LogP contribution in [0.4, 0.5) is 0 Å². The molecule has 0 aliphatic rings. The third kappa shape index (κ3) is 7.21. The van der Waals surface area contributed by atoms with Crippen LogP contribution in [0.5, 0.6) is 0 Å². The fourth-order valence-electron chi connectivity index (χ4n) is 0.737. The van der Waals surface area contributed by atoms with E-state index in [1.165, 1.54) is 6.92 Å². The van der Waals surface area contributed by atoms with Crippen molar-refractivity contribution >= 4 is 11.7 Å². The van der Waals surface area contributed by atoms with E-state index in [9.17, 15) is 9.59 Å². The molecule has 0 aliphatic carbocycles. The molecule has 0 aromatic carbocycles. The average Bonchev–Trinajstić information content (AvgIpc) is 2.01. The largest absolute Gasteiger partial charge is 0.349 e. The van der Waals surface area contributed by atoms with Gasteiger partial charge in [-0.05, 0) is 26.9 Å². The summed E-state index contributed by atoms with van der Waals surface area (Å²) < 4.78 is 0. The maximum Gasteiger partial charge on any atom is 0.220 e. The lowest BCUT2D eigenvalue weighted by molar-refractivity contribution is -0.124. The molecule has 0 aromatic heterocycles. The summed E-state index contributed by atoms with van der Waals surface area (Å²) in [4.78, 5) is 21.4. The smallest absolute Gasteiger partial charge is 0.220 e. The van der Waals surface area contributed by atoms with Gasteiger partial charge in [0.1, 0.15) is 5.78 Å². The van der Waals surface area contributed by atoms with Gasteiger partial charge in [-0.1, -0.05) is 0 Å². The molecule has 0 saturated heterocycles. The molecule has 0 atom stereocenters. The predicted octanol–water partition coefficient (Wildman–Crippen LogP) is -0.309. The molecule has 0 spiro atoms. The van der Waals surface area contributed by atoms with E-state index >= 15 is 0 Å². The quantitative estimate of drug-likeness (QED) is 0.540. The summed E-state index contributed by atoms with van der Waals surface area (Å²) in [5.74, 6) is -0.0718. The Balaban J connectivity index is 3.28. The van der Waals surface area contributed by atoms with Crippen LogP contribution >= 0.6 is 0 Å². The van der Waals surface area contributed by atoms with Crippen molar-refractivity contribution in [2.75, 3.05) is 20.1 Å². The number of hydrogen-bond acceptors (Lipinski definition) is 3. The molecule has 4 heteroatoms. The van der Waals surface area contributed by atoms with Crippen LogP contribution in [0.1, 0.15) is 19.8 Å². The second-order valence-electron chi connectivity index (χ2n) is 2.69. The van der Waals surface area contributed by atoms with E-state index in [1.54, 1.807) is 0 Å². The van der Waals surface area contributed by atoms with E-state index in [1.807, 2.05) is 7.05 Å². The summed E-state index contributed by atoms with van der Waals surface area (Å²) in [5, 5.41) is 5.47. The molecule has 12 heavy (non-hydrogen) atoms. The molecule has 0 aromatic rings. The number of nitrogens with one attached hydrogen (secondary N) is 2. The molecule has 0 unspecified atom stereocenters. The lowest BCUT2D eigenvalue weighted by Gasteiger charge is -2.01. The van der Waals surface area contributed by atoms with E-state index in [2.05, 4.69) is 10.6 Å². The van der Waals surface area contributed by atoms with Crippen molar-refractivity contribution < 1.29 is 9.59 Å². The first-order valence-electron chi connectivity index (χ1n) is 4.07. The molecule has 70 valence electrons. The van der Waals surface area contributed by atoms with Gasteiger partial charge < -0.3 is 10.6 Å². The second kappa shape index (κ2) is 6.79. The fourth-order valence-corrected chi connectivity index (χ4v) is 0.737. The van der Waals surface area contributed by atoms with Crippen LogP contribution in [0.25, 0.3) is 0 Å². The predicted molar refractivity (Wildman–Crippen MR) is 46.9 cm³/mol. The highest BCUT2D eigenvalue weighted by atomic mass is 16.2. The SMILES string of the molecule is CNCCCC(=O)NCC(C)=O. The van der Waals surface area contributed by atoms with E-state index in [4.69, 9.17) is 0 Å². The summed E-state index contributed by atoms with van der Waals surface area (Å²) in [6.07, 6.45) is 1.29. The minimum absolute atomic E-state index is 0.0167. The number of hydrogen-bond donors (Lipinski definition) is 2. The first-order chi connectivity index (χ1) is 5.66. The van der Waals surface area contributed by atoms with Crippen LogP contribution in [-0.2, 0) is 9.59 Å². The Labute approximate surface area is 72.7 Å². The number of amides is 1. The van der Waals surface area contributed by atoms with Gasteiger partial charge >= 0.3 is 0 Å². The molecule has 4 nitrogen and oxygen atoms in total. The first kappa shape index (κ1) is 11.1. The summed E-state index contributed by atoms with van der Waals surface area (Å²) in [5.41, 5.74) is 0. The van der Waals surface area contributed by atoms with E-state index in [0.29, 0.717) is 6.42 Å². The molecule has 0 heterocycles.